The van der Waals surface area contributed by atoms with Crippen molar-refractivity contribution < 1.29 is 13.2 Å². The second-order valence-corrected chi connectivity index (χ2v) is 4.35. The van der Waals surface area contributed by atoms with Crippen LogP contribution in [0.2, 0.25) is 0 Å². The summed E-state index contributed by atoms with van der Waals surface area (Å²) in [5, 5.41) is 8.79. The highest BCUT2D eigenvalue weighted by Crippen LogP contribution is 2.33. The van der Waals surface area contributed by atoms with Gasteiger partial charge >= 0.3 is 0 Å². The molecule has 1 saturated heterocycles. The molecule has 2 rings (SSSR count). The SMILES string of the molecule is N#Cc1cc(N)c(F)c(N2CCC(F)(F)CC2)c1. The summed E-state index contributed by atoms with van der Waals surface area (Å²) >= 11 is 0. The Bertz CT molecular complexity index is 498. The minimum absolute atomic E-state index is 0.0538. The molecule has 18 heavy (non-hydrogen) atoms. The molecule has 1 aromatic carbocycles. The molecule has 1 heterocycles. The van der Waals surface area contributed by atoms with Crippen LogP contribution in [0, 0.1) is 17.1 Å². The van der Waals surface area contributed by atoms with E-state index in [9.17, 15) is 13.2 Å². The van der Waals surface area contributed by atoms with Gasteiger partial charge in [0.2, 0.25) is 0 Å². The molecular formula is C12H12F3N3. The van der Waals surface area contributed by atoms with Crippen LogP contribution in [0.5, 0.6) is 0 Å². The van der Waals surface area contributed by atoms with Crippen molar-refractivity contribution in [2.24, 2.45) is 0 Å². The van der Waals surface area contributed by atoms with Crippen LogP contribution >= 0.6 is 0 Å². The highest BCUT2D eigenvalue weighted by atomic mass is 19.3. The van der Waals surface area contributed by atoms with E-state index in [1.54, 1.807) is 0 Å². The van der Waals surface area contributed by atoms with Crippen LogP contribution in [-0.4, -0.2) is 19.0 Å². The zero-order valence-corrected chi connectivity index (χ0v) is 9.59. The average Bonchev–Trinajstić information content (AvgIpc) is 2.33. The van der Waals surface area contributed by atoms with E-state index in [-0.39, 0.29) is 42.9 Å². The van der Waals surface area contributed by atoms with Crippen molar-refractivity contribution in [3.05, 3.63) is 23.5 Å². The first kappa shape index (κ1) is 12.6. The van der Waals surface area contributed by atoms with Gasteiger partial charge in [0.25, 0.3) is 5.92 Å². The monoisotopic (exact) mass is 255 g/mol. The van der Waals surface area contributed by atoms with Crippen LogP contribution in [0.1, 0.15) is 18.4 Å². The number of hydrogen-bond acceptors (Lipinski definition) is 3. The van der Waals surface area contributed by atoms with Gasteiger partial charge in [-0.1, -0.05) is 0 Å². The van der Waals surface area contributed by atoms with Gasteiger partial charge in [0.05, 0.1) is 23.0 Å². The van der Waals surface area contributed by atoms with Gasteiger partial charge in [-0.05, 0) is 12.1 Å². The summed E-state index contributed by atoms with van der Waals surface area (Å²) in [6.45, 7) is 0.108. The molecule has 0 aromatic heterocycles. The number of halogens is 3. The summed E-state index contributed by atoms with van der Waals surface area (Å²) < 4.78 is 39.9. The molecule has 1 aliphatic heterocycles. The van der Waals surface area contributed by atoms with Gasteiger partial charge in [0.1, 0.15) is 0 Å². The summed E-state index contributed by atoms with van der Waals surface area (Å²) in [6.07, 6.45) is -0.633. The Kier molecular flexibility index (Phi) is 3.07. The molecule has 1 aromatic rings. The Labute approximate surface area is 103 Å². The van der Waals surface area contributed by atoms with Crippen LogP contribution < -0.4 is 10.6 Å². The number of nitrogens with zero attached hydrogens (tertiary/aromatic N) is 2. The molecule has 6 heteroatoms. The third-order valence-corrected chi connectivity index (χ3v) is 3.05. The van der Waals surface area contributed by atoms with E-state index in [0.717, 1.165) is 0 Å². The normalized spacial score (nSPS) is 18.4. The van der Waals surface area contributed by atoms with Crippen LogP contribution in [0.15, 0.2) is 12.1 Å². The predicted molar refractivity (Wildman–Crippen MR) is 61.9 cm³/mol. The summed E-state index contributed by atoms with van der Waals surface area (Å²) in [6, 6.07) is 4.45. The zero-order chi connectivity index (χ0) is 13.3. The van der Waals surface area contributed by atoms with Gasteiger partial charge in [0, 0.05) is 25.9 Å². The highest BCUT2D eigenvalue weighted by Gasteiger charge is 2.34. The first-order valence-electron chi connectivity index (χ1n) is 5.55. The Morgan fingerprint density at radius 1 is 1.28 bits per heavy atom. The third kappa shape index (κ3) is 2.35. The van der Waals surface area contributed by atoms with Crippen LogP contribution in [-0.2, 0) is 0 Å². The van der Waals surface area contributed by atoms with Crippen molar-refractivity contribution >= 4 is 11.4 Å². The molecule has 0 saturated carbocycles. The van der Waals surface area contributed by atoms with Crippen molar-refractivity contribution in [1.29, 1.82) is 5.26 Å². The summed E-state index contributed by atoms with van der Waals surface area (Å²) in [7, 11) is 0. The third-order valence-electron chi connectivity index (χ3n) is 3.05. The average molecular weight is 255 g/mol. The fourth-order valence-electron chi connectivity index (χ4n) is 2.00. The molecule has 0 atom stereocenters. The Hall–Kier alpha value is -1.90. The van der Waals surface area contributed by atoms with E-state index >= 15 is 0 Å². The largest absolute Gasteiger partial charge is 0.396 e. The molecule has 3 nitrogen and oxygen atoms in total. The second-order valence-electron chi connectivity index (χ2n) is 4.35. The van der Waals surface area contributed by atoms with E-state index in [2.05, 4.69) is 0 Å². The number of nitrogens with two attached hydrogens (primary N) is 1. The van der Waals surface area contributed by atoms with Crippen LogP contribution in [0.4, 0.5) is 24.5 Å². The second kappa shape index (κ2) is 4.41. The van der Waals surface area contributed by atoms with Gasteiger partial charge in [-0.2, -0.15) is 5.26 Å². The Balaban J connectivity index is 2.29. The number of benzene rings is 1. The molecule has 0 spiro atoms. The highest BCUT2D eigenvalue weighted by molar-refractivity contribution is 5.62. The number of alkyl halides is 2. The minimum Gasteiger partial charge on any atom is -0.396 e. The quantitative estimate of drug-likeness (QED) is 0.784. The molecule has 1 fully saturated rings. The lowest BCUT2D eigenvalue weighted by atomic mass is 10.0. The molecule has 0 amide bonds. The van der Waals surface area contributed by atoms with E-state index in [1.165, 1.54) is 17.0 Å². The lowest BCUT2D eigenvalue weighted by Crippen LogP contribution is -2.39. The molecule has 0 unspecified atom stereocenters. The van der Waals surface area contributed by atoms with Gasteiger partial charge in [-0.3, -0.25) is 0 Å². The van der Waals surface area contributed by atoms with Gasteiger partial charge in [-0.15, -0.1) is 0 Å². The van der Waals surface area contributed by atoms with E-state index in [1.807, 2.05) is 6.07 Å². The van der Waals surface area contributed by atoms with Gasteiger partial charge < -0.3 is 10.6 Å². The maximum atomic E-state index is 13.8. The number of nitriles is 1. The summed E-state index contributed by atoms with van der Waals surface area (Å²) in [5.41, 5.74) is 5.67. The zero-order valence-electron chi connectivity index (χ0n) is 9.59. The minimum atomic E-state index is -2.69. The maximum absolute atomic E-state index is 13.8. The Morgan fingerprint density at radius 3 is 2.44 bits per heavy atom. The van der Waals surface area contributed by atoms with Crippen molar-refractivity contribution in [2.45, 2.75) is 18.8 Å². The summed E-state index contributed by atoms with van der Waals surface area (Å²) in [4.78, 5) is 1.50. The van der Waals surface area contributed by atoms with Crippen molar-refractivity contribution in [3.63, 3.8) is 0 Å². The van der Waals surface area contributed by atoms with Gasteiger partial charge in [0.15, 0.2) is 5.82 Å². The number of hydrogen-bond donors (Lipinski definition) is 1. The first-order chi connectivity index (χ1) is 8.43. The topological polar surface area (TPSA) is 53.1 Å². The predicted octanol–water partition coefficient (Wildman–Crippen LogP) is 2.52. The molecule has 0 radical (unpaired) electrons. The molecular weight excluding hydrogens is 243 g/mol. The van der Waals surface area contributed by atoms with Crippen LogP contribution in [0.3, 0.4) is 0 Å². The molecule has 1 aliphatic rings. The molecule has 0 aliphatic carbocycles. The lowest BCUT2D eigenvalue weighted by Gasteiger charge is -2.33. The van der Waals surface area contributed by atoms with E-state index in [4.69, 9.17) is 11.0 Å². The first-order valence-corrected chi connectivity index (χ1v) is 5.55. The lowest BCUT2D eigenvalue weighted by molar-refractivity contribution is -0.0221. The number of piperidine rings is 1. The smallest absolute Gasteiger partial charge is 0.251 e. The van der Waals surface area contributed by atoms with E-state index < -0.39 is 11.7 Å². The van der Waals surface area contributed by atoms with Crippen LogP contribution in [0.25, 0.3) is 0 Å². The standard InChI is InChI=1S/C12H12F3N3/c13-11-9(17)5-8(7-16)6-10(11)18-3-1-12(14,15)2-4-18/h5-6H,1-4,17H2. The van der Waals surface area contributed by atoms with E-state index in [0.29, 0.717) is 0 Å². The molecule has 96 valence electrons. The number of rotatable bonds is 1. The molecule has 0 bridgehead atoms. The maximum Gasteiger partial charge on any atom is 0.251 e. The van der Waals surface area contributed by atoms with Crippen molar-refractivity contribution in [2.75, 3.05) is 23.7 Å². The molecule has 2 N–H and O–H groups in total. The van der Waals surface area contributed by atoms with Gasteiger partial charge in [-0.25, -0.2) is 13.2 Å². The fourth-order valence-corrected chi connectivity index (χ4v) is 2.00. The number of nitrogen functional groups attached to an aromatic ring is 1. The van der Waals surface area contributed by atoms with Crippen molar-refractivity contribution in [3.8, 4) is 6.07 Å². The summed E-state index contributed by atoms with van der Waals surface area (Å²) in [5.74, 6) is -3.34. The van der Waals surface area contributed by atoms with Crippen molar-refractivity contribution in [1.82, 2.24) is 0 Å². The number of anilines is 2. The fraction of sp³-hybridized carbons (Fsp3) is 0.417. The Morgan fingerprint density at radius 2 is 1.89 bits per heavy atom.